The van der Waals surface area contributed by atoms with Gasteiger partial charge in [0, 0.05) is 13.6 Å². The Morgan fingerprint density at radius 1 is 1.32 bits per heavy atom. The molecule has 1 saturated carbocycles. The van der Waals surface area contributed by atoms with E-state index in [1.807, 2.05) is 18.9 Å². The Morgan fingerprint density at radius 3 is 2.74 bits per heavy atom. The summed E-state index contributed by atoms with van der Waals surface area (Å²) in [5, 5.41) is 13.3. The number of aliphatic hydroxyl groups excluding tert-OH is 1. The Hall–Kier alpha value is -1.14. The van der Waals surface area contributed by atoms with Crippen LogP contribution >= 0.6 is 11.6 Å². The molecule has 2 unspecified atom stereocenters. The third-order valence-electron chi connectivity index (χ3n) is 3.44. The van der Waals surface area contributed by atoms with Gasteiger partial charge in [-0.2, -0.15) is 15.0 Å². The second-order valence-electron chi connectivity index (χ2n) is 4.79. The lowest BCUT2D eigenvalue weighted by Gasteiger charge is -2.35. The normalized spacial score (nSPS) is 23.2. The van der Waals surface area contributed by atoms with Crippen molar-refractivity contribution in [2.75, 3.05) is 23.8 Å². The maximum absolute atomic E-state index is 10.1. The van der Waals surface area contributed by atoms with Gasteiger partial charge in [-0.3, -0.25) is 0 Å². The molecule has 0 radical (unpaired) electrons. The van der Waals surface area contributed by atoms with E-state index in [-0.39, 0.29) is 17.4 Å². The van der Waals surface area contributed by atoms with E-state index >= 15 is 0 Å². The zero-order valence-electron chi connectivity index (χ0n) is 11.3. The van der Waals surface area contributed by atoms with E-state index in [0.717, 1.165) is 32.2 Å². The fourth-order valence-corrected chi connectivity index (χ4v) is 2.58. The quantitative estimate of drug-likeness (QED) is 0.877. The molecule has 0 bridgehead atoms. The summed E-state index contributed by atoms with van der Waals surface area (Å²) in [5.41, 5.74) is 0. The average molecular weight is 286 g/mol. The first-order valence-corrected chi connectivity index (χ1v) is 7.06. The largest absolute Gasteiger partial charge is 0.391 e. The van der Waals surface area contributed by atoms with Crippen LogP contribution in [0.5, 0.6) is 0 Å². The number of nitrogens with zero attached hydrogens (tertiary/aromatic N) is 4. The van der Waals surface area contributed by atoms with Crippen molar-refractivity contribution in [2.45, 2.75) is 44.8 Å². The monoisotopic (exact) mass is 285 g/mol. The molecule has 1 heterocycles. The molecule has 1 aliphatic carbocycles. The summed E-state index contributed by atoms with van der Waals surface area (Å²) in [7, 11) is 1.89. The van der Waals surface area contributed by atoms with Gasteiger partial charge in [0.2, 0.25) is 17.2 Å². The van der Waals surface area contributed by atoms with Crippen LogP contribution in [0.3, 0.4) is 0 Å². The van der Waals surface area contributed by atoms with E-state index in [0.29, 0.717) is 11.9 Å². The van der Waals surface area contributed by atoms with Crippen molar-refractivity contribution in [3.8, 4) is 0 Å². The summed E-state index contributed by atoms with van der Waals surface area (Å²) in [6.45, 7) is 2.68. The fourth-order valence-electron chi connectivity index (χ4n) is 2.43. The molecule has 1 fully saturated rings. The Balaban J connectivity index is 2.19. The lowest BCUT2D eigenvalue weighted by Crippen LogP contribution is -2.44. The van der Waals surface area contributed by atoms with Crippen LogP contribution in [0.1, 0.15) is 32.6 Å². The second-order valence-corrected chi connectivity index (χ2v) is 5.13. The second kappa shape index (κ2) is 6.34. The molecule has 1 aliphatic rings. The van der Waals surface area contributed by atoms with Gasteiger partial charge in [0.05, 0.1) is 12.1 Å². The summed E-state index contributed by atoms with van der Waals surface area (Å²) < 4.78 is 0. The minimum Gasteiger partial charge on any atom is -0.391 e. The SMILES string of the molecule is CCNc1nc(Cl)nc(N(C)C2CCCCC2O)n1. The van der Waals surface area contributed by atoms with Gasteiger partial charge in [0.15, 0.2) is 0 Å². The predicted octanol–water partition coefficient (Wildman–Crippen LogP) is 1.70. The molecule has 0 amide bonds. The van der Waals surface area contributed by atoms with Gasteiger partial charge >= 0.3 is 0 Å². The zero-order valence-corrected chi connectivity index (χ0v) is 12.1. The third-order valence-corrected chi connectivity index (χ3v) is 3.61. The first-order valence-electron chi connectivity index (χ1n) is 6.68. The van der Waals surface area contributed by atoms with Crippen LogP contribution in [0.25, 0.3) is 0 Å². The minimum atomic E-state index is -0.336. The molecular weight excluding hydrogens is 266 g/mol. The molecule has 2 rings (SSSR count). The number of halogens is 1. The zero-order chi connectivity index (χ0) is 13.8. The number of aromatic nitrogens is 3. The number of aliphatic hydroxyl groups is 1. The maximum Gasteiger partial charge on any atom is 0.231 e. The summed E-state index contributed by atoms with van der Waals surface area (Å²) in [6, 6.07) is 0.0432. The molecule has 6 nitrogen and oxygen atoms in total. The molecule has 2 N–H and O–H groups in total. The van der Waals surface area contributed by atoms with Crippen molar-refractivity contribution in [1.29, 1.82) is 0 Å². The Morgan fingerprint density at radius 2 is 2.05 bits per heavy atom. The van der Waals surface area contributed by atoms with Crippen LogP contribution in [0.2, 0.25) is 5.28 Å². The molecule has 1 aromatic heterocycles. The molecule has 0 aliphatic heterocycles. The van der Waals surface area contributed by atoms with Crippen LogP contribution in [-0.4, -0.2) is 45.8 Å². The average Bonchev–Trinajstić information content (AvgIpc) is 2.38. The van der Waals surface area contributed by atoms with Crippen molar-refractivity contribution in [1.82, 2.24) is 15.0 Å². The molecule has 1 aromatic rings. The maximum atomic E-state index is 10.1. The van der Waals surface area contributed by atoms with Crippen LogP contribution in [0, 0.1) is 0 Å². The first-order chi connectivity index (χ1) is 9.11. The highest BCUT2D eigenvalue weighted by atomic mass is 35.5. The van der Waals surface area contributed by atoms with Crippen LogP contribution in [-0.2, 0) is 0 Å². The molecule has 106 valence electrons. The lowest BCUT2D eigenvalue weighted by atomic mass is 9.92. The van der Waals surface area contributed by atoms with E-state index < -0.39 is 0 Å². The summed E-state index contributed by atoms with van der Waals surface area (Å²) in [5.74, 6) is 0.969. The standard InChI is InChI=1S/C12H20ClN5O/c1-3-14-11-15-10(13)16-12(17-11)18(2)8-6-4-5-7-9(8)19/h8-9,19H,3-7H2,1-2H3,(H,14,15,16,17). The van der Waals surface area contributed by atoms with Crippen molar-refractivity contribution in [3.05, 3.63) is 5.28 Å². The molecule has 0 saturated heterocycles. The molecule has 19 heavy (non-hydrogen) atoms. The van der Waals surface area contributed by atoms with E-state index in [9.17, 15) is 5.11 Å². The van der Waals surface area contributed by atoms with Gasteiger partial charge in [-0.15, -0.1) is 0 Å². The van der Waals surface area contributed by atoms with E-state index in [1.165, 1.54) is 0 Å². The van der Waals surface area contributed by atoms with Crippen LogP contribution < -0.4 is 10.2 Å². The van der Waals surface area contributed by atoms with Gasteiger partial charge < -0.3 is 15.3 Å². The van der Waals surface area contributed by atoms with E-state index in [1.54, 1.807) is 0 Å². The van der Waals surface area contributed by atoms with Crippen molar-refractivity contribution < 1.29 is 5.11 Å². The van der Waals surface area contributed by atoms with Gasteiger partial charge in [-0.05, 0) is 31.4 Å². The highest BCUT2D eigenvalue weighted by Gasteiger charge is 2.28. The van der Waals surface area contributed by atoms with Crippen molar-refractivity contribution >= 4 is 23.5 Å². The fraction of sp³-hybridized carbons (Fsp3) is 0.750. The molecule has 2 atom stereocenters. The number of likely N-dealkylation sites (N-methyl/N-ethyl adjacent to an activating group) is 1. The van der Waals surface area contributed by atoms with Gasteiger partial charge in [-0.1, -0.05) is 12.8 Å². The van der Waals surface area contributed by atoms with Gasteiger partial charge in [0.1, 0.15) is 0 Å². The first kappa shape index (κ1) is 14.3. The number of hydrogen-bond acceptors (Lipinski definition) is 6. The smallest absolute Gasteiger partial charge is 0.231 e. The minimum absolute atomic E-state index is 0.0432. The number of nitrogens with one attached hydrogen (secondary N) is 1. The van der Waals surface area contributed by atoms with Crippen molar-refractivity contribution in [3.63, 3.8) is 0 Å². The topological polar surface area (TPSA) is 74.2 Å². The molecule has 7 heteroatoms. The van der Waals surface area contributed by atoms with Gasteiger partial charge in [-0.25, -0.2) is 0 Å². The Kier molecular flexibility index (Phi) is 4.76. The van der Waals surface area contributed by atoms with Crippen molar-refractivity contribution in [2.24, 2.45) is 0 Å². The highest BCUT2D eigenvalue weighted by Crippen LogP contribution is 2.25. The van der Waals surface area contributed by atoms with Crippen LogP contribution in [0.15, 0.2) is 0 Å². The number of rotatable bonds is 4. The predicted molar refractivity (Wildman–Crippen MR) is 75.7 cm³/mol. The molecule has 0 aromatic carbocycles. The summed E-state index contributed by atoms with van der Waals surface area (Å²) in [4.78, 5) is 14.4. The number of hydrogen-bond donors (Lipinski definition) is 2. The van der Waals surface area contributed by atoms with E-state index in [4.69, 9.17) is 11.6 Å². The third kappa shape index (κ3) is 3.45. The van der Waals surface area contributed by atoms with Gasteiger partial charge in [0.25, 0.3) is 0 Å². The lowest BCUT2D eigenvalue weighted by molar-refractivity contribution is 0.105. The Bertz CT molecular complexity index is 431. The van der Waals surface area contributed by atoms with E-state index in [2.05, 4.69) is 20.3 Å². The van der Waals surface area contributed by atoms with Crippen LogP contribution in [0.4, 0.5) is 11.9 Å². The highest BCUT2D eigenvalue weighted by molar-refractivity contribution is 6.28. The molecular formula is C12H20ClN5O. The summed E-state index contributed by atoms with van der Waals surface area (Å²) in [6.07, 6.45) is 3.62. The Labute approximate surface area is 118 Å². The summed E-state index contributed by atoms with van der Waals surface area (Å²) >= 11 is 5.91. The number of anilines is 2. The molecule has 0 spiro atoms.